The zero-order valence-electron chi connectivity index (χ0n) is 11.7. The van der Waals surface area contributed by atoms with Crippen molar-refractivity contribution >= 4 is 5.91 Å². The molecule has 22 heavy (non-hydrogen) atoms. The molecule has 118 valence electrons. The molecule has 0 aliphatic carbocycles. The molecule has 0 aliphatic rings. The molecule has 0 spiro atoms. The standard InChI is InChI=1S/C15H15F3N2O2/c1-14(9-21,20-13(22)10-5-6-19-8-10)11-3-2-4-12(7-11)15(16,17)18/h2-8,19,21H,9H2,1H3,(H,20,22). The molecule has 2 aromatic rings. The molecular weight excluding hydrogens is 297 g/mol. The van der Waals surface area contributed by atoms with Gasteiger partial charge in [0.1, 0.15) is 0 Å². The fourth-order valence-corrected chi connectivity index (χ4v) is 2.03. The average Bonchev–Trinajstić information content (AvgIpc) is 3.00. The molecule has 3 N–H and O–H groups in total. The maximum Gasteiger partial charge on any atom is 0.416 e. The summed E-state index contributed by atoms with van der Waals surface area (Å²) in [6.45, 7) is 0.928. The zero-order valence-corrected chi connectivity index (χ0v) is 11.7. The van der Waals surface area contributed by atoms with Gasteiger partial charge in [-0.05, 0) is 30.7 Å². The van der Waals surface area contributed by atoms with E-state index in [1.165, 1.54) is 31.3 Å². The number of aromatic nitrogens is 1. The van der Waals surface area contributed by atoms with Gasteiger partial charge in [0.25, 0.3) is 5.91 Å². The van der Waals surface area contributed by atoms with Gasteiger partial charge in [-0.25, -0.2) is 0 Å². The minimum absolute atomic E-state index is 0.175. The predicted octanol–water partition coefficient (Wildman–Crippen LogP) is 2.67. The maximum atomic E-state index is 12.8. The van der Waals surface area contributed by atoms with E-state index in [0.717, 1.165) is 12.1 Å². The Bertz CT molecular complexity index is 653. The summed E-state index contributed by atoms with van der Waals surface area (Å²) in [6.07, 6.45) is -1.48. The number of aliphatic hydroxyl groups excluding tert-OH is 1. The van der Waals surface area contributed by atoms with Crippen molar-refractivity contribution in [2.24, 2.45) is 0 Å². The first-order valence-electron chi connectivity index (χ1n) is 6.50. The summed E-state index contributed by atoms with van der Waals surface area (Å²) in [5, 5.41) is 12.1. The predicted molar refractivity (Wildman–Crippen MR) is 74.1 cm³/mol. The van der Waals surface area contributed by atoms with Crippen molar-refractivity contribution in [2.75, 3.05) is 6.61 Å². The molecule has 0 radical (unpaired) electrons. The van der Waals surface area contributed by atoms with Crippen molar-refractivity contribution in [3.05, 3.63) is 59.4 Å². The van der Waals surface area contributed by atoms with E-state index in [2.05, 4.69) is 10.3 Å². The molecule has 2 rings (SSSR count). The lowest BCUT2D eigenvalue weighted by Gasteiger charge is -2.29. The Morgan fingerprint density at radius 2 is 1.95 bits per heavy atom. The fourth-order valence-electron chi connectivity index (χ4n) is 2.03. The Morgan fingerprint density at radius 3 is 2.50 bits per heavy atom. The summed E-state index contributed by atoms with van der Waals surface area (Å²) in [4.78, 5) is 14.8. The number of aromatic amines is 1. The van der Waals surface area contributed by atoms with Gasteiger partial charge in [0.15, 0.2) is 0 Å². The number of alkyl halides is 3. The zero-order chi connectivity index (χ0) is 16.4. The van der Waals surface area contributed by atoms with Crippen LogP contribution in [0.15, 0.2) is 42.7 Å². The quantitative estimate of drug-likeness (QED) is 0.812. The molecule has 1 aromatic heterocycles. The fraction of sp³-hybridized carbons (Fsp3) is 0.267. The second-order valence-corrected chi connectivity index (χ2v) is 5.12. The topological polar surface area (TPSA) is 65.1 Å². The number of hydrogen-bond donors (Lipinski definition) is 3. The van der Waals surface area contributed by atoms with Crippen LogP contribution in [0.4, 0.5) is 13.2 Å². The van der Waals surface area contributed by atoms with E-state index >= 15 is 0 Å². The van der Waals surface area contributed by atoms with E-state index in [-0.39, 0.29) is 5.56 Å². The maximum absolute atomic E-state index is 12.8. The molecule has 4 nitrogen and oxygen atoms in total. The van der Waals surface area contributed by atoms with Gasteiger partial charge in [0, 0.05) is 12.4 Å². The van der Waals surface area contributed by atoms with Crippen molar-refractivity contribution in [3.63, 3.8) is 0 Å². The summed E-state index contributed by atoms with van der Waals surface area (Å²) in [5.41, 5.74) is -1.66. The van der Waals surface area contributed by atoms with Gasteiger partial charge in [-0.2, -0.15) is 13.2 Å². The molecule has 0 saturated carbocycles. The van der Waals surface area contributed by atoms with Gasteiger partial charge in [0.2, 0.25) is 0 Å². The Balaban J connectivity index is 2.32. The summed E-state index contributed by atoms with van der Waals surface area (Å²) in [7, 11) is 0. The lowest BCUT2D eigenvalue weighted by molar-refractivity contribution is -0.137. The normalized spacial score (nSPS) is 14.4. The van der Waals surface area contributed by atoms with Crippen LogP contribution in [-0.2, 0) is 11.7 Å². The van der Waals surface area contributed by atoms with E-state index < -0.39 is 29.8 Å². The minimum atomic E-state index is -4.49. The molecule has 1 heterocycles. The number of carbonyl (C=O) groups excluding carboxylic acids is 1. The van der Waals surface area contributed by atoms with Crippen LogP contribution >= 0.6 is 0 Å². The Morgan fingerprint density at radius 1 is 1.27 bits per heavy atom. The first kappa shape index (κ1) is 16.1. The number of aliphatic hydroxyl groups is 1. The molecule has 1 aromatic carbocycles. The molecule has 1 atom stereocenters. The average molecular weight is 312 g/mol. The van der Waals surface area contributed by atoms with Gasteiger partial charge in [-0.3, -0.25) is 4.79 Å². The van der Waals surface area contributed by atoms with Crippen molar-refractivity contribution in [2.45, 2.75) is 18.6 Å². The smallest absolute Gasteiger partial charge is 0.394 e. The number of amides is 1. The number of rotatable bonds is 4. The Labute approximate surface area is 125 Å². The van der Waals surface area contributed by atoms with Crippen molar-refractivity contribution in [3.8, 4) is 0 Å². The highest BCUT2D eigenvalue weighted by Gasteiger charge is 2.34. The van der Waals surface area contributed by atoms with E-state index in [0.29, 0.717) is 5.56 Å². The third-order valence-corrected chi connectivity index (χ3v) is 3.39. The van der Waals surface area contributed by atoms with E-state index in [1.807, 2.05) is 0 Å². The number of hydrogen-bond acceptors (Lipinski definition) is 2. The summed E-state index contributed by atoms with van der Waals surface area (Å²) >= 11 is 0. The van der Waals surface area contributed by atoms with Gasteiger partial charge in [-0.15, -0.1) is 0 Å². The van der Waals surface area contributed by atoms with E-state index in [9.17, 15) is 23.1 Å². The SMILES string of the molecule is CC(CO)(NC(=O)c1cc[nH]c1)c1cccc(C(F)(F)F)c1. The van der Waals surface area contributed by atoms with Crippen molar-refractivity contribution in [1.82, 2.24) is 10.3 Å². The molecule has 1 amide bonds. The van der Waals surface area contributed by atoms with Crippen LogP contribution in [0.25, 0.3) is 0 Å². The number of halogens is 3. The summed E-state index contributed by atoms with van der Waals surface area (Å²) < 4.78 is 38.4. The van der Waals surface area contributed by atoms with Crippen LogP contribution in [0.3, 0.4) is 0 Å². The molecule has 0 bridgehead atoms. The number of benzene rings is 1. The first-order chi connectivity index (χ1) is 10.3. The Hall–Kier alpha value is -2.28. The third-order valence-electron chi connectivity index (χ3n) is 3.39. The summed E-state index contributed by atoms with van der Waals surface area (Å²) in [6, 6.07) is 6.07. The lowest BCUT2D eigenvalue weighted by Crippen LogP contribution is -2.46. The minimum Gasteiger partial charge on any atom is -0.394 e. The van der Waals surface area contributed by atoms with Crippen LogP contribution in [-0.4, -0.2) is 22.6 Å². The van der Waals surface area contributed by atoms with E-state index in [1.54, 1.807) is 6.20 Å². The lowest BCUT2D eigenvalue weighted by atomic mass is 9.91. The third kappa shape index (κ3) is 3.30. The molecule has 0 saturated heterocycles. The van der Waals surface area contributed by atoms with Gasteiger partial charge >= 0.3 is 6.18 Å². The molecule has 0 fully saturated rings. The second kappa shape index (κ2) is 5.84. The Kier molecular flexibility index (Phi) is 4.27. The number of carbonyl (C=O) groups is 1. The van der Waals surface area contributed by atoms with Crippen LogP contribution in [0.1, 0.15) is 28.4 Å². The van der Waals surface area contributed by atoms with Crippen LogP contribution in [0.5, 0.6) is 0 Å². The van der Waals surface area contributed by atoms with Gasteiger partial charge < -0.3 is 15.4 Å². The summed E-state index contributed by atoms with van der Waals surface area (Å²) in [5.74, 6) is -0.491. The molecular formula is C15H15F3N2O2. The number of H-pyrrole nitrogens is 1. The second-order valence-electron chi connectivity index (χ2n) is 5.12. The monoisotopic (exact) mass is 312 g/mol. The number of nitrogens with one attached hydrogen (secondary N) is 2. The molecule has 0 aliphatic heterocycles. The highest BCUT2D eigenvalue weighted by molar-refractivity contribution is 5.94. The van der Waals surface area contributed by atoms with Crippen molar-refractivity contribution < 1.29 is 23.1 Å². The van der Waals surface area contributed by atoms with Gasteiger partial charge in [-0.1, -0.05) is 12.1 Å². The van der Waals surface area contributed by atoms with Crippen LogP contribution in [0.2, 0.25) is 0 Å². The molecule has 7 heteroatoms. The van der Waals surface area contributed by atoms with Gasteiger partial charge in [0.05, 0.1) is 23.3 Å². The van der Waals surface area contributed by atoms with Crippen LogP contribution < -0.4 is 5.32 Å². The van der Waals surface area contributed by atoms with E-state index in [4.69, 9.17) is 0 Å². The largest absolute Gasteiger partial charge is 0.416 e. The highest BCUT2D eigenvalue weighted by atomic mass is 19.4. The van der Waals surface area contributed by atoms with Crippen molar-refractivity contribution in [1.29, 1.82) is 0 Å². The highest BCUT2D eigenvalue weighted by Crippen LogP contribution is 2.32. The first-order valence-corrected chi connectivity index (χ1v) is 6.50. The van der Waals surface area contributed by atoms with Crippen LogP contribution in [0, 0.1) is 0 Å². The molecule has 1 unspecified atom stereocenters.